The van der Waals surface area contributed by atoms with E-state index in [-0.39, 0.29) is 18.8 Å². The molecule has 0 heterocycles. The predicted molar refractivity (Wildman–Crippen MR) is 123 cm³/mol. The monoisotopic (exact) mass is 452 g/mol. The Morgan fingerprint density at radius 1 is 1.06 bits per heavy atom. The van der Waals surface area contributed by atoms with Crippen molar-refractivity contribution >= 4 is 35.5 Å². The maximum absolute atomic E-state index is 12.8. The van der Waals surface area contributed by atoms with Gasteiger partial charge in [0.05, 0.1) is 6.04 Å². The Labute approximate surface area is 186 Å². The van der Waals surface area contributed by atoms with Crippen LogP contribution in [0.3, 0.4) is 0 Å². The molecule has 0 aromatic heterocycles. The van der Waals surface area contributed by atoms with E-state index in [1.165, 1.54) is 11.8 Å². The average molecular weight is 453 g/mol. The molecule has 1 rings (SSSR count). The van der Waals surface area contributed by atoms with Crippen molar-refractivity contribution in [2.24, 2.45) is 22.2 Å². The van der Waals surface area contributed by atoms with Gasteiger partial charge in [-0.15, -0.1) is 0 Å². The molecule has 0 radical (unpaired) electrons. The molecular formula is C20H32N6O4S. The highest BCUT2D eigenvalue weighted by Crippen LogP contribution is 2.07. The number of rotatable bonds is 14. The molecule has 172 valence electrons. The number of nitrogens with zero attached hydrogens (tertiary/aromatic N) is 1. The van der Waals surface area contributed by atoms with Gasteiger partial charge < -0.3 is 32.9 Å². The summed E-state index contributed by atoms with van der Waals surface area (Å²) in [5, 5.41) is 14.6. The van der Waals surface area contributed by atoms with Crippen LogP contribution in [-0.2, 0) is 20.8 Å². The smallest absolute Gasteiger partial charge is 0.326 e. The number of guanidine groups is 1. The summed E-state index contributed by atoms with van der Waals surface area (Å²) in [5.74, 6) is -1.65. The van der Waals surface area contributed by atoms with E-state index < -0.39 is 35.9 Å². The molecule has 1 aromatic rings. The van der Waals surface area contributed by atoms with E-state index in [9.17, 15) is 19.5 Å². The van der Waals surface area contributed by atoms with Crippen molar-refractivity contribution in [2.75, 3.05) is 18.6 Å². The Morgan fingerprint density at radius 3 is 2.29 bits per heavy atom. The topological polar surface area (TPSA) is 186 Å². The van der Waals surface area contributed by atoms with Crippen LogP contribution in [0.5, 0.6) is 0 Å². The van der Waals surface area contributed by atoms with E-state index >= 15 is 0 Å². The fraction of sp³-hybridized carbons (Fsp3) is 0.500. The summed E-state index contributed by atoms with van der Waals surface area (Å²) in [6.45, 7) is 0.340. The number of amides is 2. The average Bonchev–Trinajstić information content (AvgIpc) is 2.73. The summed E-state index contributed by atoms with van der Waals surface area (Å²) in [6.07, 6.45) is 3.16. The molecule has 0 saturated carbocycles. The van der Waals surface area contributed by atoms with Gasteiger partial charge >= 0.3 is 5.97 Å². The molecule has 0 aliphatic carbocycles. The number of thioether (sulfide) groups is 1. The summed E-state index contributed by atoms with van der Waals surface area (Å²) < 4.78 is 0. The first-order valence-corrected chi connectivity index (χ1v) is 11.3. The maximum atomic E-state index is 12.8. The maximum Gasteiger partial charge on any atom is 0.326 e. The zero-order valence-corrected chi connectivity index (χ0v) is 18.4. The highest BCUT2D eigenvalue weighted by Gasteiger charge is 2.28. The van der Waals surface area contributed by atoms with Crippen molar-refractivity contribution in [2.45, 2.75) is 43.8 Å². The molecule has 0 fully saturated rings. The minimum atomic E-state index is -1.12. The fourth-order valence-corrected chi connectivity index (χ4v) is 3.23. The van der Waals surface area contributed by atoms with Gasteiger partial charge in [-0.3, -0.25) is 14.6 Å². The number of nitrogens with one attached hydrogen (secondary N) is 2. The lowest BCUT2D eigenvalue weighted by molar-refractivity contribution is -0.142. The number of nitrogens with two attached hydrogens (primary N) is 3. The van der Waals surface area contributed by atoms with Crippen molar-refractivity contribution in [3.63, 3.8) is 0 Å². The van der Waals surface area contributed by atoms with Gasteiger partial charge in [-0.2, -0.15) is 11.8 Å². The number of carbonyl (C=O) groups excluding carboxylic acids is 2. The summed E-state index contributed by atoms with van der Waals surface area (Å²) >= 11 is 1.49. The largest absolute Gasteiger partial charge is 0.480 e. The lowest BCUT2D eigenvalue weighted by Gasteiger charge is -2.23. The second-order valence-electron chi connectivity index (χ2n) is 6.99. The highest BCUT2D eigenvalue weighted by molar-refractivity contribution is 7.98. The van der Waals surface area contributed by atoms with Crippen LogP contribution in [0.4, 0.5) is 0 Å². The molecular weight excluding hydrogens is 420 g/mol. The number of aliphatic imine (C=N–C) groups is 1. The van der Waals surface area contributed by atoms with Crippen LogP contribution in [0.2, 0.25) is 0 Å². The Hall–Kier alpha value is -2.79. The standard InChI is InChI=1S/C20H32N6O4S/c1-31-11-9-15(19(29)30)25-18(28)16(12-13-6-3-2-4-7-13)26-17(27)14(21)8-5-10-24-20(22)23/h2-4,6-7,14-16H,5,8-12,21H2,1H3,(H,25,28)(H,26,27)(H,29,30)(H4,22,23,24)/t14-,15-,16-/m0/s1. The van der Waals surface area contributed by atoms with Gasteiger partial charge in [0.25, 0.3) is 0 Å². The van der Waals surface area contributed by atoms with Crippen molar-refractivity contribution in [1.82, 2.24) is 10.6 Å². The number of aliphatic carboxylic acids is 1. The van der Waals surface area contributed by atoms with Crippen LogP contribution < -0.4 is 27.8 Å². The van der Waals surface area contributed by atoms with Crippen molar-refractivity contribution in [1.29, 1.82) is 0 Å². The third kappa shape index (κ3) is 10.7. The molecule has 1 aromatic carbocycles. The summed E-state index contributed by atoms with van der Waals surface area (Å²) in [6, 6.07) is 6.27. The first kappa shape index (κ1) is 26.2. The number of carboxylic acid groups (broad SMARTS) is 1. The lowest BCUT2D eigenvalue weighted by atomic mass is 10.0. The number of hydrogen-bond donors (Lipinski definition) is 6. The highest BCUT2D eigenvalue weighted by atomic mass is 32.2. The van der Waals surface area contributed by atoms with Crippen molar-refractivity contribution in [3.8, 4) is 0 Å². The molecule has 31 heavy (non-hydrogen) atoms. The van der Waals surface area contributed by atoms with Crippen LogP contribution in [0.1, 0.15) is 24.8 Å². The zero-order chi connectivity index (χ0) is 23.2. The first-order valence-electron chi connectivity index (χ1n) is 9.92. The second-order valence-corrected chi connectivity index (χ2v) is 7.97. The van der Waals surface area contributed by atoms with E-state index in [4.69, 9.17) is 17.2 Å². The third-order valence-electron chi connectivity index (χ3n) is 4.45. The van der Waals surface area contributed by atoms with Crippen LogP contribution in [0, 0.1) is 0 Å². The Bertz CT molecular complexity index is 742. The molecule has 3 atom stereocenters. The predicted octanol–water partition coefficient (Wildman–Crippen LogP) is -0.583. The van der Waals surface area contributed by atoms with E-state index in [0.717, 1.165) is 5.56 Å². The van der Waals surface area contributed by atoms with Gasteiger partial charge in [-0.1, -0.05) is 30.3 Å². The van der Waals surface area contributed by atoms with Gasteiger partial charge in [-0.25, -0.2) is 4.79 Å². The van der Waals surface area contributed by atoms with Crippen LogP contribution >= 0.6 is 11.8 Å². The molecule has 10 nitrogen and oxygen atoms in total. The SMILES string of the molecule is CSCC[C@H](NC(=O)[C@H](Cc1ccccc1)NC(=O)[C@@H](N)CCCN=C(N)N)C(=O)O. The van der Waals surface area contributed by atoms with Crippen LogP contribution in [-0.4, -0.2) is 65.5 Å². The fourth-order valence-electron chi connectivity index (χ4n) is 2.75. The number of hydrogen-bond acceptors (Lipinski definition) is 6. The second kappa shape index (κ2) is 14.3. The van der Waals surface area contributed by atoms with E-state index in [0.29, 0.717) is 25.1 Å². The molecule has 2 amide bonds. The van der Waals surface area contributed by atoms with Gasteiger partial charge in [0.2, 0.25) is 11.8 Å². The van der Waals surface area contributed by atoms with Gasteiger partial charge in [0.1, 0.15) is 12.1 Å². The summed E-state index contributed by atoms with van der Waals surface area (Å²) in [5.41, 5.74) is 17.3. The van der Waals surface area contributed by atoms with Crippen molar-refractivity contribution in [3.05, 3.63) is 35.9 Å². The minimum Gasteiger partial charge on any atom is -0.480 e. The molecule has 0 saturated heterocycles. The Morgan fingerprint density at radius 2 is 1.71 bits per heavy atom. The number of carbonyl (C=O) groups is 3. The molecule has 0 bridgehead atoms. The molecule has 9 N–H and O–H groups in total. The molecule has 0 aliphatic rings. The van der Waals surface area contributed by atoms with Gasteiger partial charge in [0.15, 0.2) is 5.96 Å². The quantitative estimate of drug-likeness (QED) is 0.123. The molecule has 11 heteroatoms. The van der Waals surface area contributed by atoms with E-state index in [2.05, 4.69) is 15.6 Å². The Kier molecular flexibility index (Phi) is 12.1. The summed E-state index contributed by atoms with van der Waals surface area (Å²) in [4.78, 5) is 40.7. The minimum absolute atomic E-state index is 0.0351. The van der Waals surface area contributed by atoms with Crippen LogP contribution in [0.15, 0.2) is 35.3 Å². The van der Waals surface area contributed by atoms with Gasteiger partial charge in [0, 0.05) is 13.0 Å². The number of carboxylic acids is 1. The van der Waals surface area contributed by atoms with Crippen LogP contribution in [0.25, 0.3) is 0 Å². The third-order valence-corrected chi connectivity index (χ3v) is 5.09. The van der Waals surface area contributed by atoms with E-state index in [1.54, 1.807) is 0 Å². The Balaban J connectivity index is 2.82. The molecule has 0 aliphatic heterocycles. The summed E-state index contributed by atoms with van der Waals surface area (Å²) in [7, 11) is 0. The number of benzene rings is 1. The first-order chi connectivity index (χ1) is 14.7. The zero-order valence-electron chi connectivity index (χ0n) is 17.6. The lowest BCUT2D eigenvalue weighted by Crippen LogP contribution is -2.55. The van der Waals surface area contributed by atoms with E-state index in [1.807, 2.05) is 36.6 Å². The molecule has 0 unspecified atom stereocenters. The van der Waals surface area contributed by atoms with Crippen molar-refractivity contribution < 1.29 is 19.5 Å². The van der Waals surface area contributed by atoms with Gasteiger partial charge in [-0.05, 0) is 36.8 Å². The molecule has 0 spiro atoms. The normalized spacial score (nSPS) is 13.5.